The van der Waals surface area contributed by atoms with Gasteiger partial charge in [-0.15, -0.1) is 0 Å². The van der Waals surface area contributed by atoms with Gasteiger partial charge in [0.2, 0.25) is 0 Å². The first-order chi connectivity index (χ1) is 11.3. The number of hydrogen-bond donors (Lipinski definition) is 2. The normalized spacial score (nSPS) is 9.75. The molecule has 2 N–H and O–H groups in total. The molecule has 0 aliphatic rings. The number of carboxylic acids is 2. The van der Waals surface area contributed by atoms with Gasteiger partial charge in [0.15, 0.2) is 0 Å². The molecule has 0 amide bonds. The first kappa shape index (κ1) is 18.9. The summed E-state index contributed by atoms with van der Waals surface area (Å²) >= 11 is 0. The molecule has 0 saturated carbocycles. The second-order valence-corrected chi connectivity index (χ2v) is 4.41. The molecule has 1 aromatic rings. The molecular weight excluding hydrogens is 320 g/mol. The van der Waals surface area contributed by atoms with Crippen LogP contribution in [0.3, 0.4) is 0 Å². The second-order valence-electron chi connectivity index (χ2n) is 4.41. The number of hydrogen-bond acceptors (Lipinski definition) is 6. The van der Waals surface area contributed by atoms with Crippen LogP contribution in [0, 0.1) is 0 Å². The fraction of sp³-hybridized carbons (Fsp3) is 0.250. The molecule has 0 saturated heterocycles. The minimum absolute atomic E-state index is 0.0356. The first-order valence-electron chi connectivity index (χ1n) is 6.98. The molecule has 0 atom stereocenters. The Morgan fingerprint density at radius 3 is 1.83 bits per heavy atom. The number of aromatic carboxylic acids is 2. The Hall–Kier alpha value is -3.16. The summed E-state index contributed by atoms with van der Waals surface area (Å²) in [6, 6.07) is 3.39. The van der Waals surface area contributed by atoms with E-state index in [0.717, 1.165) is 18.2 Å². The highest BCUT2D eigenvalue weighted by Gasteiger charge is 2.22. The lowest BCUT2D eigenvalue weighted by atomic mass is 10.0. The Balaban J connectivity index is 3.38. The van der Waals surface area contributed by atoms with Crippen LogP contribution in [0.15, 0.2) is 23.8 Å². The maximum atomic E-state index is 11.9. The molecule has 128 valence electrons. The summed E-state index contributed by atoms with van der Waals surface area (Å²) in [6.45, 7) is 3.19. The van der Waals surface area contributed by atoms with Crippen LogP contribution in [0.4, 0.5) is 0 Å². The summed E-state index contributed by atoms with van der Waals surface area (Å²) in [6.07, 6.45) is 1.09. The third kappa shape index (κ3) is 4.67. The van der Waals surface area contributed by atoms with E-state index in [4.69, 9.17) is 19.7 Å². The van der Waals surface area contributed by atoms with E-state index in [1.807, 2.05) is 0 Å². The molecule has 0 unspecified atom stereocenters. The average molecular weight is 336 g/mol. The van der Waals surface area contributed by atoms with E-state index >= 15 is 0 Å². The van der Waals surface area contributed by atoms with E-state index < -0.39 is 40.6 Å². The lowest BCUT2D eigenvalue weighted by Gasteiger charge is -2.07. The van der Waals surface area contributed by atoms with Gasteiger partial charge < -0.3 is 19.7 Å². The topological polar surface area (TPSA) is 127 Å². The van der Waals surface area contributed by atoms with Crippen LogP contribution in [0.5, 0.6) is 0 Å². The highest BCUT2D eigenvalue weighted by atomic mass is 16.6. The van der Waals surface area contributed by atoms with Gasteiger partial charge in [0.05, 0.1) is 24.3 Å². The highest BCUT2D eigenvalue weighted by Crippen LogP contribution is 2.17. The largest absolute Gasteiger partial charge is 0.478 e. The predicted octanol–water partition coefficient (Wildman–Crippen LogP) is 1.59. The number of benzene rings is 1. The zero-order valence-corrected chi connectivity index (χ0v) is 13.1. The van der Waals surface area contributed by atoms with Gasteiger partial charge in [-0.3, -0.25) is 0 Å². The van der Waals surface area contributed by atoms with E-state index in [0.29, 0.717) is 0 Å². The van der Waals surface area contributed by atoms with Crippen molar-refractivity contribution in [3.8, 4) is 0 Å². The lowest BCUT2D eigenvalue weighted by Crippen LogP contribution is -2.18. The molecule has 0 heterocycles. The Bertz CT molecular complexity index is 682. The van der Waals surface area contributed by atoms with Crippen LogP contribution in [0.1, 0.15) is 40.1 Å². The lowest BCUT2D eigenvalue weighted by molar-refractivity contribution is -0.146. The highest BCUT2D eigenvalue weighted by molar-refractivity contribution is 6.17. The second kappa shape index (κ2) is 8.47. The molecule has 0 aliphatic carbocycles. The molecule has 0 radical (unpaired) electrons. The van der Waals surface area contributed by atoms with E-state index in [1.54, 1.807) is 13.8 Å². The van der Waals surface area contributed by atoms with Crippen molar-refractivity contribution in [1.82, 2.24) is 0 Å². The van der Waals surface area contributed by atoms with Gasteiger partial charge in [0.25, 0.3) is 0 Å². The molecule has 0 bridgehead atoms. The van der Waals surface area contributed by atoms with Crippen molar-refractivity contribution >= 4 is 30.0 Å². The Morgan fingerprint density at radius 2 is 1.42 bits per heavy atom. The molecule has 8 heteroatoms. The maximum Gasteiger partial charge on any atom is 0.345 e. The van der Waals surface area contributed by atoms with Crippen LogP contribution in [-0.2, 0) is 19.1 Å². The van der Waals surface area contributed by atoms with Crippen LogP contribution in [0.25, 0.3) is 6.08 Å². The predicted molar refractivity (Wildman–Crippen MR) is 81.6 cm³/mol. The van der Waals surface area contributed by atoms with Crippen LogP contribution in [0.2, 0.25) is 0 Å². The molecule has 1 aromatic carbocycles. The molecule has 8 nitrogen and oxygen atoms in total. The van der Waals surface area contributed by atoms with Gasteiger partial charge in [-0.2, -0.15) is 0 Å². The Morgan fingerprint density at radius 1 is 0.917 bits per heavy atom. The number of carbonyl (C=O) groups excluding carboxylic acids is 2. The van der Waals surface area contributed by atoms with Crippen molar-refractivity contribution in [3.63, 3.8) is 0 Å². The molecule has 0 aromatic heterocycles. The summed E-state index contributed by atoms with van der Waals surface area (Å²) < 4.78 is 9.53. The molecular formula is C16H16O8. The van der Waals surface area contributed by atoms with E-state index in [9.17, 15) is 19.2 Å². The SMILES string of the molecule is CCOC(=O)C(=Cc1ccc(C(=O)O)c(C(=O)O)c1)C(=O)OCC. The third-order valence-corrected chi connectivity index (χ3v) is 2.81. The van der Waals surface area contributed by atoms with Gasteiger partial charge in [-0.05, 0) is 37.6 Å². The fourth-order valence-corrected chi connectivity index (χ4v) is 1.80. The zero-order chi connectivity index (χ0) is 18.3. The molecule has 0 spiro atoms. The van der Waals surface area contributed by atoms with E-state index in [-0.39, 0.29) is 18.8 Å². The number of carbonyl (C=O) groups is 4. The van der Waals surface area contributed by atoms with E-state index in [2.05, 4.69) is 0 Å². The van der Waals surface area contributed by atoms with Gasteiger partial charge in [0.1, 0.15) is 5.57 Å². The minimum Gasteiger partial charge on any atom is -0.478 e. The minimum atomic E-state index is -1.45. The summed E-state index contributed by atoms with van der Waals surface area (Å²) in [4.78, 5) is 45.9. The fourth-order valence-electron chi connectivity index (χ4n) is 1.80. The smallest absolute Gasteiger partial charge is 0.345 e. The van der Waals surface area contributed by atoms with Crippen molar-refractivity contribution in [3.05, 3.63) is 40.5 Å². The third-order valence-electron chi connectivity index (χ3n) is 2.81. The van der Waals surface area contributed by atoms with E-state index in [1.165, 1.54) is 6.07 Å². The quantitative estimate of drug-likeness (QED) is 0.332. The van der Waals surface area contributed by atoms with Crippen molar-refractivity contribution in [2.45, 2.75) is 13.8 Å². The number of ether oxygens (including phenoxy) is 2. The van der Waals surface area contributed by atoms with Crippen molar-refractivity contribution in [2.24, 2.45) is 0 Å². The van der Waals surface area contributed by atoms with Crippen LogP contribution < -0.4 is 0 Å². The Labute approximate surface area is 137 Å². The van der Waals surface area contributed by atoms with Gasteiger partial charge in [-0.1, -0.05) is 6.07 Å². The molecule has 24 heavy (non-hydrogen) atoms. The summed E-state index contributed by atoms with van der Waals surface area (Å²) in [5.41, 5.74) is -1.15. The van der Waals surface area contributed by atoms with Crippen molar-refractivity contribution in [1.29, 1.82) is 0 Å². The average Bonchev–Trinajstić information content (AvgIpc) is 2.52. The summed E-state index contributed by atoms with van der Waals surface area (Å²) in [7, 11) is 0. The van der Waals surface area contributed by atoms with Crippen LogP contribution in [-0.4, -0.2) is 47.3 Å². The van der Waals surface area contributed by atoms with Crippen molar-refractivity contribution in [2.75, 3.05) is 13.2 Å². The summed E-state index contributed by atoms with van der Waals surface area (Å²) in [5.74, 6) is -4.69. The first-order valence-corrected chi connectivity index (χ1v) is 6.98. The maximum absolute atomic E-state index is 11.9. The summed E-state index contributed by atoms with van der Waals surface area (Å²) in [5, 5.41) is 18.1. The zero-order valence-electron chi connectivity index (χ0n) is 13.1. The number of rotatable bonds is 7. The Kier molecular flexibility index (Phi) is 6.66. The monoisotopic (exact) mass is 336 g/mol. The van der Waals surface area contributed by atoms with Gasteiger partial charge in [-0.25, -0.2) is 19.2 Å². The van der Waals surface area contributed by atoms with Crippen LogP contribution >= 0.6 is 0 Å². The molecule has 1 rings (SSSR count). The van der Waals surface area contributed by atoms with Crippen molar-refractivity contribution < 1.29 is 38.9 Å². The molecule has 0 aliphatic heterocycles. The number of esters is 2. The van der Waals surface area contributed by atoms with Gasteiger partial charge in [0, 0.05) is 0 Å². The number of carboxylic acid groups (broad SMARTS) is 2. The standard InChI is InChI=1S/C16H16O8/c1-3-23-15(21)12(16(22)24-4-2)8-9-5-6-10(13(17)18)11(7-9)14(19)20/h5-8H,3-4H2,1-2H3,(H,17,18)(H,19,20). The molecule has 0 fully saturated rings. The van der Waals surface area contributed by atoms with Gasteiger partial charge >= 0.3 is 23.9 Å².